The van der Waals surface area contributed by atoms with Crippen LogP contribution in [0.25, 0.3) is 0 Å². The summed E-state index contributed by atoms with van der Waals surface area (Å²) in [7, 11) is 0. The Balaban J connectivity index is 1.91. The maximum Gasteiger partial charge on any atom is 0.309 e. The van der Waals surface area contributed by atoms with Crippen molar-refractivity contribution in [3.8, 4) is 6.07 Å². The molecule has 1 aromatic rings. The van der Waals surface area contributed by atoms with Crippen molar-refractivity contribution in [1.29, 1.82) is 5.26 Å². The zero-order chi connectivity index (χ0) is 17.5. The second-order valence-corrected chi connectivity index (χ2v) is 5.59. The molecule has 1 aromatic carbocycles. The van der Waals surface area contributed by atoms with E-state index in [1.54, 1.807) is 6.07 Å². The van der Waals surface area contributed by atoms with Crippen LogP contribution in [0, 0.1) is 27.4 Å². The molecule has 8 heteroatoms. The van der Waals surface area contributed by atoms with Crippen molar-refractivity contribution in [2.45, 2.75) is 32.1 Å². The fraction of sp³-hybridized carbons (Fsp3) is 0.438. The number of carbonyl (C=O) groups is 2. The number of carbonyl (C=O) groups excluding carboxylic acids is 2. The van der Waals surface area contributed by atoms with Gasteiger partial charge in [-0.3, -0.25) is 19.7 Å². The predicted octanol–water partition coefficient (Wildman–Crippen LogP) is 2.53. The van der Waals surface area contributed by atoms with Gasteiger partial charge in [-0.25, -0.2) is 0 Å². The van der Waals surface area contributed by atoms with Crippen molar-refractivity contribution >= 4 is 23.3 Å². The summed E-state index contributed by atoms with van der Waals surface area (Å²) in [6.07, 6.45) is 4.64. The number of hydrogen-bond donors (Lipinski definition) is 1. The Hall–Kier alpha value is -2.95. The van der Waals surface area contributed by atoms with E-state index in [0.29, 0.717) is 0 Å². The highest BCUT2D eigenvalue weighted by molar-refractivity contribution is 5.94. The summed E-state index contributed by atoms with van der Waals surface area (Å²) in [5, 5.41) is 22.1. The molecule has 0 radical (unpaired) electrons. The summed E-state index contributed by atoms with van der Waals surface area (Å²) in [6, 6.07) is 5.32. The highest BCUT2D eigenvalue weighted by Gasteiger charge is 2.23. The quantitative estimate of drug-likeness (QED) is 0.502. The highest BCUT2D eigenvalue weighted by atomic mass is 16.6. The van der Waals surface area contributed by atoms with Crippen LogP contribution in [0.4, 0.5) is 11.4 Å². The molecule has 1 N–H and O–H groups in total. The van der Waals surface area contributed by atoms with Gasteiger partial charge in [-0.15, -0.1) is 0 Å². The number of nitrogens with one attached hydrogen (secondary N) is 1. The van der Waals surface area contributed by atoms with E-state index >= 15 is 0 Å². The molecule has 0 spiro atoms. The van der Waals surface area contributed by atoms with E-state index in [-0.39, 0.29) is 28.8 Å². The standard InChI is InChI=1S/C16H17N3O5/c17-9-12-8-13(19(22)23)6-7-14(12)18-15(20)10-24-16(21)11-4-2-1-3-5-11/h6-8,11H,1-5,10H2,(H,18,20). The van der Waals surface area contributed by atoms with Gasteiger partial charge in [-0.1, -0.05) is 19.3 Å². The number of hydrogen-bond acceptors (Lipinski definition) is 6. The second kappa shape index (κ2) is 8.06. The average molecular weight is 331 g/mol. The molecular formula is C16H17N3O5. The van der Waals surface area contributed by atoms with Gasteiger partial charge in [-0.2, -0.15) is 5.26 Å². The van der Waals surface area contributed by atoms with E-state index in [9.17, 15) is 19.7 Å². The van der Waals surface area contributed by atoms with Crippen LogP contribution in [0.5, 0.6) is 0 Å². The van der Waals surface area contributed by atoms with Crippen LogP contribution < -0.4 is 5.32 Å². The van der Waals surface area contributed by atoms with E-state index in [0.717, 1.165) is 38.2 Å². The van der Waals surface area contributed by atoms with Gasteiger partial charge in [0.1, 0.15) is 6.07 Å². The number of rotatable bonds is 5. The normalized spacial score (nSPS) is 14.5. The monoisotopic (exact) mass is 331 g/mol. The molecule has 0 aromatic heterocycles. The Morgan fingerprint density at radius 1 is 1.33 bits per heavy atom. The van der Waals surface area contributed by atoms with E-state index < -0.39 is 17.4 Å². The summed E-state index contributed by atoms with van der Waals surface area (Å²) in [6.45, 7) is -0.447. The molecule has 1 amide bonds. The number of nitro benzene ring substituents is 1. The van der Waals surface area contributed by atoms with Crippen molar-refractivity contribution in [2.75, 3.05) is 11.9 Å². The molecule has 8 nitrogen and oxygen atoms in total. The van der Waals surface area contributed by atoms with E-state index in [4.69, 9.17) is 10.00 Å². The fourth-order valence-corrected chi connectivity index (χ4v) is 2.63. The lowest BCUT2D eigenvalue weighted by Crippen LogP contribution is -2.26. The predicted molar refractivity (Wildman–Crippen MR) is 84.0 cm³/mol. The third-order valence-electron chi connectivity index (χ3n) is 3.89. The third-order valence-corrected chi connectivity index (χ3v) is 3.89. The average Bonchev–Trinajstić information content (AvgIpc) is 2.60. The largest absolute Gasteiger partial charge is 0.455 e. The zero-order valence-electron chi connectivity index (χ0n) is 13.0. The maximum atomic E-state index is 11.9. The molecule has 1 aliphatic carbocycles. The Labute approximate surface area is 138 Å². The lowest BCUT2D eigenvalue weighted by molar-refractivity contribution is -0.384. The lowest BCUT2D eigenvalue weighted by atomic mass is 9.89. The summed E-state index contributed by atoms with van der Waals surface area (Å²) < 4.78 is 5.01. The summed E-state index contributed by atoms with van der Waals surface area (Å²) >= 11 is 0. The molecule has 0 bridgehead atoms. The smallest absolute Gasteiger partial charge is 0.309 e. The van der Waals surface area contributed by atoms with Crippen molar-refractivity contribution in [2.24, 2.45) is 5.92 Å². The number of ether oxygens (including phenoxy) is 1. The van der Waals surface area contributed by atoms with Crippen LogP contribution in [0.15, 0.2) is 18.2 Å². The fourth-order valence-electron chi connectivity index (χ4n) is 2.63. The van der Waals surface area contributed by atoms with Gasteiger partial charge < -0.3 is 10.1 Å². The summed E-state index contributed by atoms with van der Waals surface area (Å²) in [5.74, 6) is -1.13. The van der Waals surface area contributed by atoms with Crippen LogP contribution in [0.1, 0.15) is 37.7 Å². The summed E-state index contributed by atoms with van der Waals surface area (Å²) in [4.78, 5) is 33.8. The van der Waals surface area contributed by atoms with Gasteiger partial charge in [0.05, 0.1) is 22.1 Å². The molecule has 1 aliphatic rings. The number of benzene rings is 1. The van der Waals surface area contributed by atoms with Gasteiger partial charge >= 0.3 is 5.97 Å². The van der Waals surface area contributed by atoms with Crippen LogP contribution in [-0.2, 0) is 14.3 Å². The molecule has 1 fully saturated rings. The molecule has 0 unspecified atom stereocenters. The van der Waals surface area contributed by atoms with Crippen LogP contribution in [-0.4, -0.2) is 23.4 Å². The maximum absolute atomic E-state index is 11.9. The molecule has 126 valence electrons. The lowest BCUT2D eigenvalue weighted by Gasteiger charge is -2.19. The molecule has 0 aliphatic heterocycles. The first-order valence-corrected chi connectivity index (χ1v) is 7.66. The van der Waals surface area contributed by atoms with E-state index in [2.05, 4.69) is 5.32 Å². The van der Waals surface area contributed by atoms with Crippen LogP contribution >= 0.6 is 0 Å². The van der Waals surface area contributed by atoms with Gasteiger partial charge in [0.25, 0.3) is 11.6 Å². The molecule has 0 saturated heterocycles. The topological polar surface area (TPSA) is 122 Å². The number of amides is 1. The number of esters is 1. The van der Waals surface area contributed by atoms with E-state index in [1.165, 1.54) is 12.1 Å². The molecule has 1 saturated carbocycles. The number of nitro groups is 1. The minimum atomic E-state index is -0.627. The third kappa shape index (κ3) is 4.52. The van der Waals surface area contributed by atoms with Crippen molar-refractivity contribution in [3.63, 3.8) is 0 Å². The number of nitriles is 1. The van der Waals surface area contributed by atoms with Crippen molar-refractivity contribution < 1.29 is 19.2 Å². The zero-order valence-corrected chi connectivity index (χ0v) is 13.0. The van der Waals surface area contributed by atoms with Crippen molar-refractivity contribution in [1.82, 2.24) is 0 Å². The van der Waals surface area contributed by atoms with Gasteiger partial charge in [0.2, 0.25) is 0 Å². The molecular weight excluding hydrogens is 314 g/mol. The minimum Gasteiger partial charge on any atom is -0.455 e. The highest BCUT2D eigenvalue weighted by Crippen LogP contribution is 2.25. The Morgan fingerprint density at radius 2 is 2.04 bits per heavy atom. The van der Waals surface area contributed by atoms with Gasteiger partial charge in [-0.05, 0) is 18.9 Å². The van der Waals surface area contributed by atoms with E-state index in [1.807, 2.05) is 0 Å². The van der Waals surface area contributed by atoms with Crippen LogP contribution in [0.3, 0.4) is 0 Å². The molecule has 0 atom stereocenters. The van der Waals surface area contributed by atoms with Gasteiger partial charge in [0, 0.05) is 12.1 Å². The SMILES string of the molecule is N#Cc1cc([N+](=O)[O-])ccc1NC(=O)COC(=O)C1CCCCC1. The Bertz CT molecular complexity index is 689. The van der Waals surface area contributed by atoms with Crippen molar-refractivity contribution in [3.05, 3.63) is 33.9 Å². The number of non-ortho nitro benzene ring substituents is 1. The Kier molecular flexibility index (Phi) is 5.84. The molecule has 0 heterocycles. The Morgan fingerprint density at radius 3 is 2.67 bits per heavy atom. The first-order chi connectivity index (χ1) is 11.5. The van der Waals surface area contributed by atoms with Gasteiger partial charge in [0.15, 0.2) is 6.61 Å². The first-order valence-electron chi connectivity index (χ1n) is 7.66. The number of nitrogens with zero attached hydrogens (tertiary/aromatic N) is 2. The first kappa shape index (κ1) is 17.4. The molecule has 24 heavy (non-hydrogen) atoms. The number of anilines is 1. The second-order valence-electron chi connectivity index (χ2n) is 5.59. The summed E-state index contributed by atoms with van der Waals surface area (Å²) in [5.41, 5.74) is -0.133. The minimum absolute atomic E-state index is 0.0313. The molecule has 2 rings (SSSR count). The van der Waals surface area contributed by atoms with Crippen LogP contribution in [0.2, 0.25) is 0 Å².